The second-order valence-electron chi connectivity index (χ2n) is 5.99. The second-order valence-corrected chi connectivity index (χ2v) is 5.99. The first-order valence-corrected chi connectivity index (χ1v) is 7.79. The van der Waals surface area contributed by atoms with Crippen LogP contribution in [0.3, 0.4) is 0 Å². The van der Waals surface area contributed by atoms with E-state index < -0.39 is 0 Å². The Morgan fingerprint density at radius 3 is 2.91 bits per heavy atom. The zero-order valence-electron chi connectivity index (χ0n) is 12.8. The summed E-state index contributed by atoms with van der Waals surface area (Å²) in [5, 5.41) is 3.92. The number of amides is 1. The Bertz CT molecular complexity index is 867. The number of hydrogen-bond donors (Lipinski definition) is 1. The molecule has 0 radical (unpaired) electrons. The Morgan fingerprint density at radius 1 is 1.30 bits per heavy atom. The van der Waals surface area contributed by atoms with E-state index in [9.17, 15) is 4.79 Å². The third-order valence-electron chi connectivity index (χ3n) is 4.20. The van der Waals surface area contributed by atoms with E-state index in [-0.39, 0.29) is 11.9 Å². The summed E-state index contributed by atoms with van der Waals surface area (Å²) in [5.74, 6) is 0.963. The number of furan rings is 1. The lowest BCUT2D eigenvalue weighted by Gasteiger charge is -2.16. The SMILES string of the molecule is Cc1ccnc([C@@H](NC(=O)c2coc3ccccc23)C2CC2)n1. The first-order valence-electron chi connectivity index (χ1n) is 7.79. The number of carbonyl (C=O) groups is 1. The van der Waals surface area contributed by atoms with Crippen LogP contribution >= 0.6 is 0 Å². The Labute approximate surface area is 133 Å². The molecule has 5 heteroatoms. The van der Waals surface area contributed by atoms with Crippen molar-refractivity contribution < 1.29 is 9.21 Å². The van der Waals surface area contributed by atoms with Gasteiger partial charge >= 0.3 is 0 Å². The van der Waals surface area contributed by atoms with Crippen molar-refractivity contribution in [3.8, 4) is 0 Å². The van der Waals surface area contributed by atoms with Crippen LogP contribution in [0.5, 0.6) is 0 Å². The molecule has 3 aromatic rings. The third kappa shape index (κ3) is 2.70. The summed E-state index contributed by atoms with van der Waals surface area (Å²) in [5.41, 5.74) is 2.18. The fraction of sp³-hybridized carbons (Fsp3) is 0.278. The molecule has 0 unspecified atom stereocenters. The molecule has 1 aromatic carbocycles. The standard InChI is InChI=1S/C18H17N3O2/c1-11-8-9-19-17(20-11)16(12-6-7-12)21-18(22)14-10-23-15-5-3-2-4-13(14)15/h2-5,8-10,12,16H,6-7H2,1H3,(H,21,22)/t16-/m0/s1. The van der Waals surface area contributed by atoms with Gasteiger partial charge in [-0.25, -0.2) is 9.97 Å². The molecule has 0 bridgehead atoms. The van der Waals surface area contributed by atoms with Gasteiger partial charge in [-0.3, -0.25) is 4.79 Å². The van der Waals surface area contributed by atoms with E-state index in [0.29, 0.717) is 22.9 Å². The van der Waals surface area contributed by atoms with Crippen molar-refractivity contribution in [1.29, 1.82) is 0 Å². The lowest BCUT2D eigenvalue weighted by molar-refractivity contribution is 0.0930. The van der Waals surface area contributed by atoms with Gasteiger partial charge in [0.2, 0.25) is 0 Å². The molecule has 1 aliphatic rings. The van der Waals surface area contributed by atoms with E-state index in [1.54, 1.807) is 6.20 Å². The number of para-hydroxylation sites is 1. The normalized spacial score (nSPS) is 15.5. The van der Waals surface area contributed by atoms with Crippen LogP contribution in [-0.2, 0) is 0 Å². The second kappa shape index (κ2) is 5.50. The largest absolute Gasteiger partial charge is 0.463 e. The molecule has 1 fully saturated rings. The van der Waals surface area contributed by atoms with Gasteiger partial charge < -0.3 is 9.73 Å². The van der Waals surface area contributed by atoms with E-state index in [2.05, 4.69) is 15.3 Å². The molecule has 116 valence electrons. The molecule has 0 spiro atoms. The molecule has 23 heavy (non-hydrogen) atoms. The Balaban J connectivity index is 1.63. The van der Waals surface area contributed by atoms with Gasteiger partial charge in [0.05, 0.1) is 11.6 Å². The van der Waals surface area contributed by atoms with Crippen LogP contribution in [0.2, 0.25) is 0 Å². The molecule has 1 amide bonds. The molecule has 1 saturated carbocycles. The van der Waals surface area contributed by atoms with Crippen molar-refractivity contribution in [2.24, 2.45) is 5.92 Å². The summed E-state index contributed by atoms with van der Waals surface area (Å²) < 4.78 is 5.46. The van der Waals surface area contributed by atoms with Crippen LogP contribution in [0.25, 0.3) is 11.0 Å². The molecular weight excluding hydrogens is 290 g/mol. The van der Waals surface area contributed by atoms with E-state index in [1.807, 2.05) is 37.3 Å². The van der Waals surface area contributed by atoms with Crippen molar-refractivity contribution in [3.63, 3.8) is 0 Å². The molecule has 1 atom stereocenters. The Hall–Kier alpha value is -2.69. The van der Waals surface area contributed by atoms with Gasteiger partial charge in [0.1, 0.15) is 11.8 Å². The van der Waals surface area contributed by atoms with Crippen LogP contribution in [0, 0.1) is 12.8 Å². The molecule has 2 aromatic heterocycles. The minimum Gasteiger partial charge on any atom is -0.463 e. The molecule has 1 N–H and O–H groups in total. The van der Waals surface area contributed by atoms with Crippen LogP contribution in [0.15, 0.2) is 47.2 Å². The monoisotopic (exact) mass is 307 g/mol. The van der Waals surface area contributed by atoms with Crippen molar-refractivity contribution in [2.45, 2.75) is 25.8 Å². The van der Waals surface area contributed by atoms with E-state index >= 15 is 0 Å². The molecule has 2 heterocycles. The number of rotatable bonds is 4. The zero-order chi connectivity index (χ0) is 15.8. The first kappa shape index (κ1) is 13.9. The maximum Gasteiger partial charge on any atom is 0.255 e. The molecule has 0 saturated heterocycles. The molecule has 1 aliphatic carbocycles. The highest BCUT2D eigenvalue weighted by molar-refractivity contribution is 6.06. The summed E-state index contributed by atoms with van der Waals surface area (Å²) in [6.07, 6.45) is 5.44. The summed E-state index contributed by atoms with van der Waals surface area (Å²) in [7, 11) is 0. The van der Waals surface area contributed by atoms with E-state index in [0.717, 1.165) is 23.9 Å². The van der Waals surface area contributed by atoms with Gasteiger partial charge in [-0.05, 0) is 37.8 Å². The third-order valence-corrected chi connectivity index (χ3v) is 4.20. The summed E-state index contributed by atoms with van der Waals surface area (Å²) in [6, 6.07) is 9.25. The first-order chi connectivity index (χ1) is 11.2. The number of nitrogens with zero attached hydrogens (tertiary/aromatic N) is 2. The number of aryl methyl sites for hydroxylation is 1. The number of hydrogen-bond acceptors (Lipinski definition) is 4. The fourth-order valence-corrected chi connectivity index (χ4v) is 2.81. The minimum absolute atomic E-state index is 0.142. The molecule has 0 aliphatic heterocycles. The van der Waals surface area contributed by atoms with Gasteiger partial charge in [0.15, 0.2) is 5.82 Å². The Morgan fingerprint density at radius 2 is 2.13 bits per heavy atom. The van der Waals surface area contributed by atoms with Gasteiger partial charge in [-0.1, -0.05) is 18.2 Å². The van der Waals surface area contributed by atoms with Crippen molar-refractivity contribution in [1.82, 2.24) is 15.3 Å². The lowest BCUT2D eigenvalue weighted by atomic mass is 10.1. The number of fused-ring (bicyclic) bond motifs is 1. The maximum absolute atomic E-state index is 12.7. The van der Waals surface area contributed by atoms with Gasteiger partial charge in [0, 0.05) is 17.3 Å². The van der Waals surface area contributed by atoms with Crippen LogP contribution in [0.4, 0.5) is 0 Å². The zero-order valence-corrected chi connectivity index (χ0v) is 12.8. The molecule has 4 rings (SSSR count). The minimum atomic E-state index is -0.143. The predicted molar refractivity (Wildman–Crippen MR) is 85.9 cm³/mol. The van der Waals surface area contributed by atoms with Crippen molar-refractivity contribution in [2.75, 3.05) is 0 Å². The van der Waals surface area contributed by atoms with Crippen molar-refractivity contribution in [3.05, 3.63) is 59.9 Å². The summed E-state index contributed by atoms with van der Waals surface area (Å²) in [6.45, 7) is 1.93. The molecule has 5 nitrogen and oxygen atoms in total. The average molecular weight is 307 g/mol. The van der Waals surface area contributed by atoms with Gasteiger partial charge in [0.25, 0.3) is 5.91 Å². The van der Waals surface area contributed by atoms with Crippen LogP contribution < -0.4 is 5.32 Å². The highest BCUT2D eigenvalue weighted by atomic mass is 16.3. The summed E-state index contributed by atoms with van der Waals surface area (Å²) in [4.78, 5) is 21.5. The quantitative estimate of drug-likeness (QED) is 0.802. The van der Waals surface area contributed by atoms with Gasteiger partial charge in [-0.2, -0.15) is 0 Å². The number of aromatic nitrogens is 2. The fourth-order valence-electron chi connectivity index (χ4n) is 2.81. The molecular formula is C18H17N3O2. The van der Waals surface area contributed by atoms with Gasteiger partial charge in [-0.15, -0.1) is 0 Å². The van der Waals surface area contributed by atoms with Crippen molar-refractivity contribution >= 4 is 16.9 Å². The topological polar surface area (TPSA) is 68.0 Å². The number of benzene rings is 1. The van der Waals surface area contributed by atoms with E-state index in [4.69, 9.17) is 4.42 Å². The van der Waals surface area contributed by atoms with E-state index in [1.165, 1.54) is 6.26 Å². The Kier molecular flexibility index (Phi) is 3.33. The summed E-state index contributed by atoms with van der Waals surface area (Å²) >= 11 is 0. The highest BCUT2D eigenvalue weighted by Gasteiger charge is 2.35. The number of nitrogens with one attached hydrogen (secondary N) is 1. The lowest BCUT2D eigenvalue weighted by Crippen LogP contribution is -2.31. The number of carbonyl (C=O) groups excluding carboxylic acids is 1. The maximum atomic E-state index is 12.7. The highest BCUT2D eigenvalue weighted by Crippen LogP contribution is 2.40. The predicted octanol–water partition coefficient (Wildman–Crippen LogP) is 3.41. The average Bonchev–Trinajstić information content (AvgIpc) is 3.30. The van der Waals surface area contributed by atoms with Crippen LogP contribution in [0.1, 0.15) is 40.8 Å². The smallest absolute Gasteiger partial charge is 0.255 e. The van der Waals surface area contributed by atoms with Crippen LogP contribution in [-0.4, -0.2) is 15.9 Å².